The fourth-order valence-electron chi connectivity index (χ4n) is 3.37. The minimum Gasteiger partial charge on any atom is -0.497 e. The molecule has 1 fully saturated rings. The smallest absolute Gasteiger partial charge is 0.254 e. The van der Waals surface area contributed by atoms with Gasteiger partial charge in [0.25, 0.3) is 5.91 Å². The standard InChI is InChI=1S/C21H25F2N3O4S/c1-30-18-6-4-17(5-7-18)25-10-12-26(13-11-25)31(28,29)14-2-9-24-21(27)19-8-3-16(22)15-20(19)23/h3-8,15H,2,9-14H2,1H3,(H,24,27). The molecule has 0 atom stereocenters. The van der Waals surface area contributed by atoms with Gasteiger partial charge in [0.15, 0.2) is 0 Å². The molecule has 1 N–H and O–H groups in total. The molecule has 0 radical (unpaired) electrons. The molecule has 2 aromatic carbocycles. The third-order valence-corrected chi connectivity index (χ3v) is 7.07. The first-order chi connectivity index (χ1) is 14.8. The van der Waals surface area contributed by atoms with E-state index in [0.29, 0.717) is 32.2 Å². The lowest BCUT2D eigenvalue weighted by atomic mass is 10.2. The second kappa shape index (κ2) is 10.1. The average Bonchev–Trinajstić information content (AvgIpc) is 2.77. The summed E-state index contributed by atoms with van der Waals surface area (Å²) >= 11 is 0. The van der Waals surface area contributed by atoms with Crippen molar-refractivity contribution in [2.45, 2.75) is 6.42 Å². The Kier molecular flexibility index (Phi) is 7.45. The number of carbonyl (C=O) groups excluding carboxylic acids is 1. The second-order valence-electron chi connectivity index (χ2n) is 7.13. The van der Waals surface area contributed by atoms with Crippen LogP contribution < -0.4 is 15.0 Å². The summed E-state index contributed by atoms with van der Waals surface area (Å²) in [6.45, 7) is 1.97. The van der Waals surface area contributed by atoms with Gasteiger partial charge in [-0.25, -0.2) is 17.2 Å². The second-order valence-corrected chi connectivity index (χ2v) is 9.22. The van der Waals surface area contributed by atoms with Crippen LogP contribution >= 0.6 is 0 Å². The summed E-state index contributed by atoms with van der Waals surface area (Å²) in [6, 6.07) is 10.3. The monoisotopic (exact) mass is 453 g/mol. The number of rotatable bonds is 8. The Bertz CT molecular complexity index is 1010. The van der Waals surface area contributed by atoms with Crippen LogP contribution in [0.15, 0.2) is 42.5 Å². The molecule has 0 unspecified atom stereocenters. The third-order valence-electron chi connectivity index (χ3n) is 5.11. The van der Waals surface area contributed by atoms with Crippen LogP contribution in [0.2, 0.25) is 0 Å². The number of methoxy groups -OCH3 is 1. The number of nitrogens with zero attached hydrogens (tertiary/aromatic N) is 2. The number of sulfonamides is 1. The molecule has 2 aromatic rings. The number of piperazine rings is 1. The summed E-state index contributed by atoms with van der Waals surface area (Å²) in [5.41, 5.74) is 0.729. The van der Waals surface area contributed by atoms with E-state index in [-0.39, 0.29) is 24.3 Å². The highest BCUT2D eigenvalue weighted by molar-refractivity contribution is 7.89. The van der Waals surface area contributed by atoms with Crippen LogP contribution in [0.25, 0.3) is 0 Å². The summed E-state index contributed by atoms with van der Waals surface area (Å²) in [4.78, 5) is 14.1. The van der Waals surface area contributed by atoms with Crippen LogP contribution in [-0.4, -0.2) is 64.2 Å². The molecule has 7 nitrogen and oxygen atoms in total. The molecular formula is C21H25F2N3O4S. The van der Waals surface area contributed by atoms with E-state index in [1.165, 1.54) is 4.31 Å². The fraction of sp³-hybridized carbons (Fsp3) is 0.381. The van der Waals surface area contributed by atoms with Gasteiger partial charge in [0, 0.05) is 44.5 Å². The first-order valence-corrected chi connectivity index (χ1v) is 11.5. The third kappa shape index (κ3) is 5.92. The quantitative estimate of drug-likeness (QED) is 0.621. The Hall–Kier alpha value is -2.72. The topological polar surface area (TPSA) is 79.0 Å². The number of ether oxygens (including phenoxy) is 1. The van der Waals surface area contributed by atoms with Gasteiger partial charge in [0.2, 0.25) is 10.0 Å². The SMILES string of the molecule is COc1ccc(N2CCN(S(=O)(=O)CCCNC(=O)c3ccc(F)cc3F)CC2)cc1. The van der Waals surface area contributed by atoms with Gasteiger partial charge in [-0.1, -0.05) is 0 Å². The number of anilines is 1. The first-order valence-electron chi connectivity index (χ1n) is 9.90. The number of halogens is 2. The fourth-order valence-corrected chi connectivity index (χ4v) is 4.86. The van der Waals surface area contributed by atoms with Crippen molar-refractivity contribution in [2.75, 3.05) is 50.5 Å². The highest BCUT2D eigenvalue weighted by atomic mass is 32.2. The minimum absolute atomic E-state index is 0.0701. The van der Waals surface area contributed by atoms with E-state index >= 15 is 0 Å². The van der Waals surface area contributed by atoms with Crippen LogP contribution in [0.5, 0.6) is 5.75 Å². The number of hydrogen-bond donors (Lipinski definition) is 1. The van der Waals surface area contributed by atoms with Gasteiger partial charge in [0.05, 0.1) is 18.4 Å². The number of benzene rings is 2. The van der Waals surface area contributed by atoms with Crippen LogP contribution in [0.1, 0.15) is 16.8 Å². The highest BCUT2D eigenvalue weighted by Gasteiger charge is 2.26. The molecule has 1 aliphatic rings. The summed E-state index contributed by atoms with van der Waals surface area (Å²) in [5, 5.41) is 2.47. The van der Waals surface area contributed by atoms with E-state index in [2.05, 4.69) is 10.2 Å². The van der Waals surface area contributed by atoms with Crippen LogP contribution in [0, 0.1) is 11.6 Å². The first kappa shape index (κ1) is 23.0. The lowest BCUT2D eigenvalue weighted by molar-refractivity contribution is 0.0949. The number of amides is 1. The Morgan fingerprint density at radius 2 is 1.74 bits per heavy atom. The average molecular weight is 454 g/mol. The van der Waals surface area contributed by atoms with Crippen molar-refractivity contribution in [3.63, 3.8) is 0 Å². The highest BCUT2D eigenvalue weighted by Crippen LogP contribution is 2.21. The molecule has 10 heteroatoms. The zero-order valence-electron chi connectivity index (χ0n) is 17.2. The van der Waals surface area contributed by atoms with Crippen molar-refractivity contribution < 1.29 is 26.7 Å². The van der Waals surface area contributed by atoms with E-state index in [0.717, 1.165) is 23.6 Å². The van der Waals surface area contributed by atoms with Crippen LogP contribution in [0.4, 0.5) is 14.5 Å². The predicted molar refractivity (Wildman–Crippen MR) is 114 cm³/mol. The Balaban J connectivity index is 1.44. The maximum absolute atomic E-state index is 13.6. The molecule has 0 aromatic heterocycles. The number of hydrogen-bond acceptors (Lipinski definition) is 5. The van der Waals surface area contributed by atoms with E-state index in [9.17, 15) is 22.0 Å². The summed E-state index contributed by atoms with van der Waals surface area (Å²) in [6.07, 6.45) is 0.190. The zero-order chi connectivity index (χ0) is 22.4. The summed E-state index contributed by atoms with van der Waals surface area (Å²) in [5.74, 6) is -1.80. The van der Waals surface area contributed by atoms with E-state index in [1.54, 1.807) is 7.11 Å². The number of nitrogens with one attached hydrogen (secondary N) is 1. The van der Waals surface area contributed by atoms with Gasteiger partial charge in [-0.05, 0) is 42.8 Å². The predicted octanol–water partition coefficient (Wildman–Crippen LogP) is 2.25. The molecule has 31 heavy (non-hydrogen) atoms. The molecule has 1 amide bonds. The summed E-state index contributed by atoms with van der Waals surface area (Å²) < 4.78 is 58.3. The van der Waals surface area contributed by atoms with E-state index in [4.69, 9.17) is 4.74 Å². The van der Waals surface area contributed by atoms with Gasteiger partial charge >= 0.3 is 0 Å². The minimum atomic E-state index is -3.46. The molecule has 0 bridgehead atoms. The largest absolute Gasteiger partial charge is 0.497 e. The Morgan fingerprint density at radius 3 is 2.35 bits per heavy atom. The van der Waals surface area contributed by atoms with Crippen molar-refractivity contribution >= 4 is 21.6 Å². The van der Waals surface area contributed by atoms with Crippen molar-refractivity contribution in [3.8, 4) is 5.75 Å². The molecule has 1 saturated heterocycles. The molecule has 3 rings (SSSR count). The summed E-state index contributed by atoms with van der Waals surface area (Å²) in [7, 11) is -1.86. The van der Waals surface area contributed by atoms with Gasteiger partial charge in [-0.15, -0.1) is 0 Å². The van der Waals surface area contributed by atoms with Gasteiger partial charge in [-0.2, -0.15) is 4.31 Å². The zero-order valence-corrected chi connectivity index (χ0v) is 18.0. The molecular weight excluding hydrogens is 428 g/mol. The van der Waals surface area contributed by atoms with Gasteiger partial charge in [-0.3, -0.25) is 4.79 Å². The van der Waals surface area contributed by atoms with Crippen molar-refractivity contribution in [1.82, 2.24) is 9.62 Å². The van der Waals surface area contributed by atoms with Crippen molar-refractivity contribution in [2.24, 2.45) is 0 Å². The Morgan fingerprint density at radius 1 is 1.06 bits per heavy atom. The number of carbonyl (C=O) groups is 1. The van der Waals surface area contributed by atoms with Gasteiger partial charge < -0.3 is 15.0 Å². The van der Waals surface area contributed by atoms with E-state index < -0.39 is 27.6 Å². The van der Waals surface area contributed by atoms with Crippen LogP contribution in [0.3, 0.4) is 0 Å². The molecule has 1 aliphatic heterocycles. The van der Waals surface area contributed by atoms with E-state index in [1.807, 2.05) is 24.3 Å². The van der Waals surface area contributed by atoms with Crippen molar-refractivity contribution in [1.29, 1.82) is 0 Å². The normalized spacial score (nSPS) is 15.0. The van der Waals surface area contributed by atoms with Crippen LogP contribution in [-0.2, 0) is 10.0 Å². The lowest BCUT2D eigenvalue weighted by Gasteiger charge is -2.35. The Labute approximate surface area is 180 Å². The van der Waals surface area contributed by atoms with Gasteiger partial charge in [0.1, 0.15) is 17.4 Å². The van der Waals surface area contributed by atoms with Crippen molar-refractivity contribution in [3.05, 3.63) is 59.7 Å². The molecule has 1 heterocycles. The molecule has 0 aliphatic carbocycles. The molecule has 168 valence electrons. The molecule has 0 spiro atoms. The maximum Gasteiger partial charge on any atom is 0.254 e. The maximum atomic E-state index is 13.6. The molecule has 0 saturated carbocycles. The lowest BCUT2D eigenvalue weighted by Crippen LogP contribution is -2.49.